The third-order valence-electron chi connectivity index (χ3n) is 4.71. The van der Waals surface area contributed by atoms with Gasteiger partial charge in [0.05, 0.1) is 24.0 Å². The summed E-state index contributed by atoms with van der Waals surface area (Å²) < 4.78 is 0. The Kier molecular flexibility index (Phi) is 5.36. The molecule has 3 rings (SSSR count). The molecule has 5 heteroatoms. The zero-order valence-electron chi connectivity index (χ0n) is 14.7. The number of carbonyl (C=O) groups excluding carboxylic acids is 1. The number of nitrogens with zero attached hydrogens (tertiary/aromatic N) is 2. The summed E-state index contributed by atoms with van der Waals surface area (Å²) in [7, 11) is 0. The maximum absolute atomic E-state index is 12.3. The van der Waals surface area contributed by atoms with Crippen molar-refractivity contribution in [1.82, 2.24) is 0 Å². The van der Waals surface area contributed by atoms with Crippen molar-refractivity contribution in [3.8, 4) is 6.07 Å². The van der Waals surface area contributed by atoms with E-state index in [9.17, 15) is 15.2 Å². The first kappa shape index (κ1) is 18.1. The highest BCUT2D eigenvalue weighted by Crippen LogP contribution is 2.38. The van der Waals surface area contributed by atoms with E-state index in [1.165, 1.54) is 0 Å². The van der Waals surface area contributed by atoms with Crippen LogP contribution in [0.4, 0.5) is 5.69 Å². The van der Waals surface area contributed by atoms with Gasteiger partial charge in [-0.15, -0.1) is 0 Å². The molecule has 1 saturated heterocycles. The van der Waals surface area contributed by atoms with Gasteiger partial charge in [0.15, 0.2) is 5.78 Å². The Morgan fingerprint density at radius 1 is 1.38 bits per heavy atom. The summed E-state index contributed by atoms with van der Waals surface area (Å²) in [5.74, 6) is -0.321. The van der Waals surface area contributed by atoms with E-state index in [1.807, 2.05) is 36.4 Å². The van der Waals surface area contributed by atoms with Gasteiger partial charge in [0.2, 0.25) is 0 Å². The first-order valence-electron chi connectivity index (χ1n) is 8.77. The molecule has 0 amide bonds. The van der Waals surface area contributed by atoms with Crippen LogP contribution in [-0.4, -0.2) is 41.3 Å². The lowest BCUT2D eigenvalue weighted by atomic mass is 9.99. The van der Waals surface area contributed by atoms with E-state index < -0.39 is 6.10 Å². The number of ketones is 1. The molecular formula is C21H22N2O3. The quantitative estimate of drug-likeness (QED) is 0.456. The van der Waals surface area contributed by atoms with Gasteiger partial charge in [-0.1, -0.05) is 36.4 Å². The standard InChI is InChI=1S/C21H22N2O3/c1-14-12-23(14)21-16(7-6-15-4-2-3-5-19(15)21)10-17(11-22)20(26)9-8-18(25)13-24/h2-7,10,14,18,24-25H,8-9,12-13H2,1H3/b17-10+. The van der Waals surface area contributed by atoms with E-state index in [1.54, 1.807) is 6.08 Å². The fourth-order valence-corrected chi connectivity index (χ4v) is 3.11. The molecule has 0 spiro atoms. The molecule has 2 N–H and O–H groups in total. The molecule has 2 atom stereocenters. The van der Waals surface area contributed by atoms with E-state index >= 15 is 0 Å². The molecule has 26 heavy (non-hydrogen) atoms. The number of aliphatic hydroxyl groups excluding tert-OH is 2. The van der Waals surface area contributed by atoms with Crippen LogP contribution in [0.1, 0.15) is 25.3 Å². The number of hydrogen-bond donors (Lipinski definition) is 2. The van der Waals surface area contributed by atoms with Gasteiger partial charge >= 0.3 is 0 Å². The summed E-state index contributed by atoms with van der Waals surface area (Å²) in [5.41, 5.74) is 1.97. The van der Waals surface area contributed by atoms with Crippen molar-refractivity contribution in [3.05, 3.63) is 47.5 Å². The van der Waals surface area contributed by atoms with Gasteiger partial charge < -0.3 is 15.1 Å². The molecule has 1 fully saturated rings. The van der Waals surface area contributed by atoms with Crippen LogP contribution in [-0.2, 0) is 4.79 Å². The van der Waals surface area contributed by atoms with Gasteiger partial charge in [-0.3, -0.25) is 4.79 Å². The van der Waals surface area contributed by atoms with E-state index in [0.29, 0.717) is 6.04 Å². The Hall–Kier alpha value is -2.68. The molecule has 0 aromatic heterocycles. The van der Waals surface area contributed by atoms with Crippen molar-refractivity contribution in [2.24, 2.45) is 0 Å². The maximum atomic E-state index is 12.3. The summed E-state index contributed by atoms with van der Waals surface area (Å²) in [6, 6.07) is 14.4. The molecule has 0 saturated carbocycles. The van der Waals surface area contributed by atoms with Crippen molar-refractivity contribution in [1.29, 1.82) is 5.26 Å². The maximum Gasteiger partial charge on any atom is 0.173 e. The number of Topliss-reactive ketones (excluding diaryl/α,β-unsaturated/α-hetero) is 1. The van der Waals surface area contributed by atoms with Crippen LogP contribution in [0.3, 0.4) is 0 Å². The van der Waals surface area contributed by atoms with Gasteiger partial charge in [0.25, 0.3) is 0 Å². The molecule has 1 aliphatic heterocycles. The Balaban J connectivity index is 1.97. The molecule has 1 aliphatic rings. The predicted molar refractivity (Wildman–Crippen MR) is 102 cm³/mol. The number of nitriles is 1. The summed E-state index contributed by atoms with van der Waals surface area (Å²) in [6.45, 7) is 2.70. The third-order valence-corrected chi connectivity index (χ3v) is 4.71. The zero-order valence-corrected chi connectivity index (χ0v) is 14.7. The SMILES string of the molecule is CC1CN1c1c(/C=C(\C#N)C(=O)CCC(O)CO)ccc2ccccc12. The van der Waals surface area contributed by atoms with Gasteiger partial charge in [-0.05, 0) is 30.4 Å². The van der Waals surface area contributed by atoms with E-state index in [-0.39, 0.29) is 30.8 Å². The summed E-state index contributed by atoms with van der Waals surface area (Å²) in [5, 5.41) is 29.9. The van der Waals surface area contributed by atoms with Crippen LogP contribution in [0.5, 0.6) is 0 Å². The average molecular weight is 350 g/mol. The minimum Gasteiger partial charge on any atom is -0.394 e. The number of hydrogen-bond acceptors (Lipinski definition) is 5. The van der Waals surface area contributed by atoms with Crippen molar-refractivity contribution >= 4 is 28.3 Å². The molecule has 1 heterocycles. The molecule has 2 unspecified atom stereocenters. The van der Waals surface area contributed by atoms with Crippen LogP contribution in [0.2, 0.25) is 0 Å². The number of fused-ring (bicyclic) bond motifs is 1. The first-order valence-corrected chi connectivity index (χ1v) is 8.77. The second-order valence-electron chi connectivity index (χ2n) is 6.69. The summed E-state index contributed by atoms with van der Waals surface area (Å²) in [4.78, 5) is 14.6. The number of aliphatic hydroxyl groups is 2. The zero-order chi connectivity index (χ0) is 18.7. The second-order valence-corrected chi connectivity index (χ2v) is 6.69. The normalized spacial score (nSPS) is 17.8. The molecule has 0 bridgehead atoms. The van der Waals surface area contributed by atoms with Gasteiger partial charge in [-0.2, -0.15) is 5.26 Å². The van der Waals surface area contributed by atoms with Crippen molar-refractivity contribution in [2.75, 3.05) is 18.1 Å². The van der Waals surface area contributed by atoms with Crippen molar-refractivity contribution in [3.63, 3.8) is 0 Å². The van der Waals surface area contributed by atoms with Gasteiger partial charge in [-0.25, -0.2) is 0 Å². The second kappa shape index (κ2) is 7.69. The van der Waals surface area contributed by atoms with E-state index in [0.717, 1.165) is 28.6 Å². The summed E-state index contributed by atoms with van der Waals surface area (Å²) in [6.07, 6.45) is 0.876. The largest absolute Gasteiger partial charge is 0.394 e. The lowest BCUT2D eigenvalue weighted by Crippen LogP contribution is -2.14. The lowest BCUT2D eigenvalue weighted by molar-refractivity contribution is -0.115. The Bertz CT molecular complexity index is 898. The molecule has 2 aromatic rings. The highest BCUT2D eigenvalue weighted by Gasteiger charge is 2.32. The van der Waals surface area contributed by atoms with Gasteiger partial charge in [0, 0.05) is 24.4 Å². The summed E-state index contributed by atoms with van der Waals surface area (Å²) >= 11 is 0. The molecule has 134 valence electrons. The number of carbonyl (C=O) groups is 1. The number of allylic oxidation sites excluding steroid dienone is 1. The van der Waals surface area contributed by atoms with E-state index in [4.69, 9.17) is 5.11 Å². The Labute approximate surface area is 152 Å². The number of rotatable bonds is 7. The molecule has 0 aliphatic carbocycles. The predicted octanol–water partition coefficient (Wildman–Crippen LogP) is 2.66. The number of benzene rings is 2. The highest BCUT2D eigenvalue weighted by molar-refractivity contribution is 6.06. The van der Waals surface area contributed by atoms with Crippen LogP contribution >= 0.6 is 0 Å². The molecular weight excluding hydrogens is 328 g/mol. The smallest absolute Gasteiger partial charge is 0.173 e. The van der Waals surface area contributed by atoms with E-state index in [2.05, 4.69) is 17.9 Å². The molecule has 0 radical (unpaired) electrons. The van der Waals surface area contributed by atoms with Crippen molar-refractivity contribution in [2.45, 2.75) is 31.9 Å². The number of anilines is 1. The Morgan fingerprint density at radius 3 is 2.77 bits per heavy atom. The average Bonchev–Trinajstić information content (AvgIpc) is 3.39. The monoisotopic (exact) mass is 350 g/mol. The fourth-order valence-electron chi connectivity index (χ4n) is 3.11. The lowest BCUT2D eigenvalue weighted by Gasteiger charge is -2.13. The Morgan fingerprint density at radius 2 is 2.12 bits per heavy atom. The minimum absolute atomic E-state index is 0.0319. The third kappa shape index (κ3) is 3.77. The molecule has 5 nitrogen and oxygen atoms in total. The first-order chi connectivity index (χ1) is 12.5. The minimum atomic E-state index is -0.937. The van der Waals surface area contributed by atoms with Crippen LogP contribution in [0, 0.1) is 11.3 Å². The van der Waals surface area contributed by atoms with Crippen LogP contribution in [0.15, 0.2) is 42.0 Å². The highest BCUT2D eigenvalue weighted by atomic mass is 16.3. The topological polar surface area (TPSA) is 84.3 Å². The van der Waals surface area contributed by atoms with Crippen molar-refractivity contribution < 1.29 is 15.0 Å². The fraction of sp³-hybridized carbons (Fsp3) is 0.333. The van der Waals surface area contributed by atoms with Gasteiger partial charge in [0.1, 0.15) is 6.07 Å². The van der Waals surface area contributed by atoms with Crippen LogP contribution in [0.25, 0.3) is 16.8 Å². The molecule has 2 aromatic carbocycles. The van der Waals surface area contributed by atoms with Crippen LogP contribution < -0.4 is 4.90 Å².